The molecule has 4 nitrogen and oxygen atoms in total. The molecule has 0 aliphatic carbocycles. The highest BCUT2D eigenvalue weighted by molar-refractivity contribution is 6.31. The number of carbonyl (C=O) groups is 2. The van der Waals surface area contributed by atoms with Crippen LogP contribution in [-0.4, -0.2) is 18.4 Å². The first kappa shape index (κ1) is 16.4. The zero-order valence-corrected chi connectivity index (χ0v) is 13.2. The van der Waals surface area contributed by atoms with Gasteiger partial charge in [0.2, 0.25) is 11.8 Å². The number of nitrogens with zero attached hydrogens (tertiary/aromatic N) is 1. The Hall–Kier alpha value is -2.47. The number of hydrogen-bond donors (Lipinski definition) is 1. The quantitative estimate of drug-likeness (QED) is 0.919. The maximum Gasteiger partial charge on any atom is 0.229 e. The molecule has 0 radical (unpaired) electrons. The predicted molar refractivity (Wildman–Crippen MR) is 86.9 cm³/mol. The Morgan fingerprint density at radius 2 is 1.92 bits per heavy atom. The van der Waals surface area contributed by atoms with Crippen molar-refractivity contribution in [2.75, 3.05) is 16.8 Å². The third-order valence-electron chi connectivity index (χ3n) is 3.85. The van der Waals surface area contributed by atoms with Crippen molar-refractivity contribution in [3.05, 3.63) is 59.1 Å². The average Bonchev–Trinajstić information content (AvgIpc) is 2.94. The van der Waals surface area contributed by atoms with Gasteiger partial charge in [0.1, 0.15) is 5.82 Å². The summed E-state index contributed by atoms with van der Waals surface area (Å²) < 4.78 is 27.7. The van der Waals surface area contributed by atoms with E-state index in [4.69, 9.17) is 11.6 Å². The van der Waals surface area contributed by atoms with E-state index in [9.17, 15) is 18.4 Å². The summed E-state index contributed by atoms with van der Waals surface area (Å²) >= 11 is 5.67. The zero-order chi connectivity index (χ0) is 17.3. The van der Waals surface area contributed by atoms with Crippen LogP contribution in [0.4, 0.5) is 20.2 Å². The molecule has 1 fully saturated rings. The maximum atomic E-state index is 13.8. The highest BCUT2D eigenvalue weighted by Crippen LogP contribution is 2.29. The van der Waals surface area contributed by atoms with Gasteiger partial charge in [-0.1, -0.05) is 29.8 Å². The van der Waals surface area contributed by atoms with Gasteiger partial charge in [-0.2, -0.15) is 0 Å². The van der Waals surface area contributed by atoms with E-state index in [2.05, 4.69) is 5.32 Å². The van der Waals surface area contributed by atoms with E-state index < -0.39 is 23.5 Å². The summed E-state index contributed by atoms with van der Waals surface area (Å²) in [5.74, 6) is -2.83. The van der Waals surface area contributed by atoms with E-state index in [1.807, 2.05) is 0 Å². The van der Waals surface area contributed by atoms with Crippen LogP contribution in [0.3, 0.4) is 0 Å². The van der Waals surface area contributed by atoms with Crippen molar-refractivity contribution in [3.8, 4) is 0 Å². The Morgan fingerprint density at radius 1 is 1.17 bits per heavy atom. The predicted octanol–water partition coefficient (Wildman–Crippen LogP) is 3.61. The van der Waals surface area contributed by atoms with Gasteiger partial charge in [-0.15, -0.1) is 0 Å². The number of para-hydroxylation sites is 1. The van der Waals surface area contributed by atoms with Crippen molar-refractivity contribution in [1.29, 1.82) is 0 Å². The molecule has 1 atom stereocenters. The molecule has 1 aliphatic rings. The molecule has 1 heterocycles. The molecule has 1 aliphatic heterocycles. The lowest BCUT2D eigenvalue weighted by atomic mass is 10.1. The van der Waals surface area contributed by atoms with Crippen molar-refractivity contribution in [1.82, 2.24) is 0 Å². The van der Waals surface area contributed by atoms with E-state index >= 15 is 0 Å². The number of halogens is 3. The summed E-state index contributed by atoms with van der Waals surface area (Å²) in [6.45, 7) is 0.0355. The van der Waals surface area contributed by atoms with Crippen LogP contribution in [0, 0.1) is 17.6 Å². The average molecular weight is 351 g/mol. The number of anilines is 2. The second-order valence-corrected chi connectivity index (χ2v) is 5.85. The van der Waals surface area contributed by atoms with E-state index in [0.717, 1.165) is 0 Å². The fraction of sp³-hybridized carbons (Fsp3) is 0.176. The number of carbonyl (C=O) groups excluding carboxylic acids is 2. The number of nitrogens with one attached hydrogen (secondary N) is 1. The van der Waals surface area contributed by atoms with Crippen LogP contribution in [0.2, 0.25) is 5.02 Å². The zero-order valence-electron chi connectivity index (χ0n) is 12.4. The van der Waals surface area contributed by atoms with Gasteiger partial charge in [-0.25, -0.2) is 8.78 Å². The first-order chi connectivity index (χ1) is 11.5. The Labute approximate surface area is 142 Å². The molecule has 3 rings (SSSR count). The number of hydrogen-bond acceptors (Lipinski definition) is 2. The van der Waals surface area contributed by atoms with Crippen LogP contribution >= 0.6 is 11.6 Å². The lowest BCUT2D eigenvalue weighted by Gasteiger charge is -2.17. The van der Waals surface area contributed by atoms with Crippen LogP contribution in [0.15, 0.2) is 42.5 Å². The van der Waals surface area contributed by atoms with Crippen LogP contribution < -0.4 is 10.2 Å². The Balaban J connectivity index is 1.75. The van der Waals surface area contributed by atoms with Crippen LogP contribution in [0.5, 0.6) is 0 Å². The lowest BCUT2D eigenvalue weighted by Crippen LogP contribution is -2.28. The molecule has 7 heteroatoms. The second-order valence-electron chi connectivity index (χ2n) is 5.45. The fourth-order valence-corrected chi connectivity index (χ4v) is 2.80. The van der Waals surface area contributed by atoms with Crippen LogP contribution in [0.1, 0.15) is 6.42 Å². The molecule has 0 bridgehead atoms. The van der Waals surface area contributed by atoms with Crippen LogP contribution in [-0.2, 0) is 9.59 Å². The summed E-state index contributed by atoms with van der Waals surface area (Å²) in [6, 6.07) is 10.1. The normalized spacial score (nSPS) is 17.2. The summed E-state index contributed by atoms with van der Waals surface area (Å²) in [6.07, 6.45) is -0.0671. The largest absolute Gasteiger partial charge is 0.323 e. The summed E-state index contributed by atoms with van der Waals surface area (Å²) in [7, 11) is 0. The van der Waals surface area contributed by atoms with Crippen molar-refractivity contribution < 1.29 is 18.4 Å². The minimum absolute atomic E-state index is 0.0355. The topological polar surface area (TPSA) is 49.4 Å². The molecule has 124 valence electrons. The van der Waals surface area contributed by atoms with Gasteiger partial charge in [-0.3, -0.25) is 9.59 Å². The molecule has 24 heavy (non-hydrogen) atoms. The lowest BCUT2D eigenvalue weighted by molar-refractivity contribution is -0.122. The standard InChI is InChI=1S/C17H13ClF2N2O2/c18-11-4-3-6-13(16(11)20)21-17(24)10-8-15(23)22(9-10)14-7-2-1-5-12(14)19/h1-7,10H,8-9H2,(H,21,24). The van der Waals surface area contributed by atoms with Gasteiger partial charge >= 0.3 is 0 Å². The third-order valence-corrected chi connectivity index (χ3v) is 4.14. The number of amides is 2. The first-order valence-corrected chi connectivity index (χ1v) is 7.65. The molecule has 0 saturated carbocycles. The summed E-state index contributed by atoms with van der Waals surface area (Å²) in [4.78, 5) is 25.6. The Kier molecular flexibility index (Phi) is 4.49. The maximum absolute atomic E-state index is 13.8. The summed E-state index contributed by atoms with van der Waals surface area (Å²) in [5, 5.41) is 2.32. The molecule has 0 aromatic heterocycles. The van der Waals surface area contributed by atoms with E-state index in [1.54, 1.807) is 6.07 Å². The van der Waals surface area contributed by atoms with E-state index in [0.29, 0.717) is 0 Å². The van der Waals surface area contributed by atoms with Crippen molar-refractivity contribution in [2.45, 2.75) is 6.42 Å². The molecule has 0 spiro atoms. The van der Waals surface area contributed by atoms with Crippen molar-refractivity contribution in [3.63, 3.8) is 0 Å². The molecule has 2 aromatic rings. The van der Waals surface area contributed by atoms with E-state index in [1.165, 1.54) is 41.3 Å². The molecular weight excluding hydrogens is 338 g/mol. The minimum atomic E-state index is -0.734. The number of rotatable bonds is 3. The Morgan fingerprint density at radius 3 is 2.67 bits per heavy atom. The van der Waals surface area contributed by atoms with Gasteiger partial charge in [-0.05, 0) is 24.3 Å². The van der Waals surface area contributed by atoms with Gasteiger partial charge in [0.25, 0.3) is 0 Å². The third kappa shape index (κ3) is 3.10. The fourth-order valence-electron chi connectivity index (χ4n) is 2.62. The molecular formula is C17H13ClF2N2O2. The number of benzene rings is 2. The monoisotopic (exact) mass is 350 g/mol. The highest BCUT2D eigenvalue weighted by atomic mass is 35.5. The smallest absolute Gasteiger partial charge is 0.229 e. The SMILES string of the molecule is O=C(Nc1cccc(Cl)c1F)C1CC(=O)N(c2ccccc2F)C1. The second kappa shape index (κ2) is 6.57. The van der Waals surface area contributed by atoms with Crippen molar-refractivity contribution in [2.24, 2.45) is 5.92 Å². The molecule has 1 unspecified atom stereocenters. The van der Waals surface area contributed by atoms with Gasteiger partial charge in [0.05, 0.1) is 22.3 Å². The molecule has 1 N–H and O–H groups in total. The van der Waals surface area contributed by atoms with Gasteiger partial charge in [0.15, 0.2) is 5.82 Å². The summed E-state index contributed by atoms with van der Waals surface area (Å²) in [5.41, 5.74) is 0.0797. The first-order valence-electron chi connectivity index (χ1n) is 7.27. The molecule has 1 saturated heterocycles. The van der Waals surface area contributed by atoms with Crippen LogP contribution in [0.25, 0.3) is 0 Å². The minimum Gasteiger partial charge on any atom is -0.323 e. The van der Waals surface area contributed by atoms with Gasteiger partial charge < -0.3 is 10.2 Å². The molecule has 2 aromatic carbocycles. The van der Waals surface area contributed by atoms with Crippen molar-refractivity contribution >= 4 is 34.8 Å². The Bertz CT molecular complexity index is 813. The highest BCUT2D eigenvalue weighted by Gasteiger charge is 2.36. The molecule has 2 amide bonds. The van der Waals surface area contributed by atoms with Gasteiger partial charge in [0, 0.05) is 13.0 Å². The van der Waals surface area contributed by atoms with E-state index in [-0.39, 0.29) is 35.3 Å².